The van der Waals surface area contributed by atoms with E-state index in [9.17, 15) is 0 Å². The van der Waals surface area contributed by atoms with E-state index in [2.05, 4.69) is 57.2 Å². The van der Waals surface area contributed by atoms with Crippen LogP contribution in [0, 0.1) is 11.8 Å². The first-order valence-electron chi connectivity index (χ1n) is 11.0. The van der Waals surface area contributed by atoms with Gasteiger partial charge in [-0.2, -0.15) is 0 Å². The molecule has 0 N–H and O–H groups in total. The van der Waals surface area contributed by atoms with Gasteiger partial charge < -0.3 is 0 Å². The molecule has 0 nitrogen and oxygen atoms in total. The highest BCUT2D eigenvalue weighted by atomic mass is 14.3. The molecule has 1 aliphatic rings. The van der Waals surface area contributed by atoms with Crippen molar-refractivity contribution in [2.75, 3.05) is 0 Å². The highest BCUT2D eigenvalue weighted by molar-refractivity contribution is 5.30. The van der Waals surface area contributed by atoms with Gasteiger partial charge in [0.2, 0.25) is 0 Å². The number of allylic oxidation sites excluding steroid dienone is 2. The summed E-state index contributed by atoms with van der Waals surface area (Å²) in [5, 5.41) is 0. The Kier molecular flexibility index (Phi) is 11.7. The minimum absolute atomic E-state index is 0. The van der Waals surface area contributed by atoms with Crippen molar-refractivity contribution in [3.8, 4) is 0 Å². The van der Waals surface area contributed by atoms with Crippen molar-refractivity contribution in [3.63, 3.8) is 0 Å². The van der Waals surface area contributed by atoms with Gasteiger partial charge in [0.1, 0.15) is 0 Å². The third-order valence-electron chi connectivity index (χ3n) is 6.20. The van der Waals surface area contributed by atoms with Crippen LogP contribution < -0.4 is 0 Å². The Morgan fingerprint density at radius 1 is 1.04 bits per heavy atom. The summed E-state index contributed by atoms with van der Waals surface area (Å²) < 4.78 is 0. The van der Waals surface area contributed by atoms with Crippen molar-refractivity contribution in [2.24, 2.45) is 11.8 Å². The molecule has 0 bridgehead atoms. The molecule has 1 aliphatic carbocycles. The molecule has 26 heavy (non-hydrogen) atoms. The van der Waals surface area contributed by atoms with Crippen LogP contribution >= 0.6 is 0 Å². The average Bonchev–Trinajstić information content (AvgIpc) is 3.10. The Morgan fingerprint density at radius 3 is 2.58 bits per heavy atom. The van der Waals surface area contributed by atoms with Crippen molar-refractivity contribution in [1.29, 1.82) is 0 Å². The minimum Gasteiger partial charge on any atom is -0.0883 e. The molecule has 3 atom stereocenters. The Morgan fingerprint density at radius 2 is 1.85 bits per heavy atom. The summed E-state index contributed by atoms with van der Waals surface area (Å²) in [5.41, 5.74) is 3.19. The highest BCUT2D eigenvalue weighted by Gasteiger charge is 2.26. The lowest BCUT2D eigenvalue weighted by molar-refractivity contribution is 0.428. The lowest BCUT2D eigenvalue weighted by atomic mass is 9.83. The van der Waals surface area contributed by atoms with Crippen LogP contribution in [0.2, 0.25) is 0 Å². The van der Waals surface area contributed by atoms with Crippen LogP contribution in [0.3, 0.4) is 0 Å². The Balaban J connectivity index is 0.00000338. The van der Waals surface area contributed by atoms with Crippen molar-refractivity contribution in [1.82, 2.24) is 0 Å². The smallest absolute Gasteiger partial charge is 0.0159 e. The van der Waals surface area contributed by atoms with E-state index in [1.54, 1.807) is 11.1 Å². The zero-order valence-electron chi connectivity index (χ0n) is 17.0. The molecule has 0 aromatic heterocycles. The van der Waals surface area contributed by atoms with Crippen molar-refractivity contribution < 1.29 is 0 Å². The van der Waals surface area contributed by atoms with Crippen molar-refractivity contribution in [2.45, 2.75) is 105 Å². The zero-order chi connectivity index (χ0) is 17.9. The molecule has 0 aliphatic heterocycles. The average molecular weight is 357 g/mol. The van der Waals surface area contributed by atoms with Crippen molar-refractivity contribution in [3.05, 3.63) is 47.5 Å². The SMILES string of the molecule is C.CCCCCC/C=C/C1CC[C@H](CC(CC)c2ccccc2CC)C1. The van der Waals surface area contributed by atoms with E-state index in [-0.39, 0.29) is 7.43 Å². The molecule has 0 spiro atoms. The number of hydrogen-bond donors (Lipinski definition) is 0. The topological polar surface area (TPSA) is 0 Å². The Hall–Kier alpha value is -1.04. The van der Waals surface area contributed by atoms with Crippen LogP contribution in [0.15, 0.2) is 36.4 Å². The van der Waals surface area contributed by atoms with E-state index in [4.69, 9.17) is 0 Å². The molecule has 0 radical (unpaired) electrons. The van der Waals surface area contributed by atoms with Gasteiger partial charge in [0.15, 0.2) is 0 Å². The second-order valence-electron chi connectivity index (χ2n) is 8.11. The van der Waals surface area contributed by atoms with E-state index < -0.39 is 0 Å². The van der Waals surface area contributed by atoms with Crippen LogP contribution in [0.5, 0.6) is 0 Å². The summed E-state index contributed by atoms with van der Waals surface area (Å²) in [5.74, 6) is 2.55. The first kappa shape index (κ1) is 23.0. The standard InChI is InChI=1S/C25H40.CH4/c1-4-7-8-9-10-11-14-21-17-18-22(19-21)20-24(6-3)25-16-13-12-15-23(25)5-2;/h11-16,21-22,24H,4-10,17-20H2,1-3H3;1H4/b14-11+;/t21?,22-,24?;/m0./s1. The predicted molar refractivity (Wildman–Crippen MR) is 119 cm³/mol. The lowest BCUT2D eigenvalue weighted by Crippen LogP contribution is -2.07. The van der Waals surface area contributed by atoms with Gasteiger partial charge in [0.25, 0.3) is 0 Å². The molecule has 2 rings (SSSR count). The fourth-order valence-electron chi connectivity index (χ4n) is 4.65. The van der Waals surface area contributed by atoms with E-state index in [1.165, 1.54) is 70.6 Å². The number of aryl methyl sites for hydroxylation is 1. The second-order valence-corrected chi connectivity index (χ2v) is 8.11. The molecule has 1 aromatic rings. The molecular weight excluding hydrogens is 312 g/mol. The molecular formula is C26H44. The molecule has 0 heteroatoms. The molecule has 148 valence electrons. The maximum Gasteiger partial charge on any atom is -0.0159 e. The van der Waals surface area contributed by atoms with E-state index in [1.807, 2.05) is 0 Å². The van der Waals surface area contributed by atoms with E-state index in [0.717, 1.165) is 17.8 Å². The van der Waals surface area contributed by atoms with Crippen LogP contribution in [0.25, 0.3) is 0 Å². The molecule has 1 saturated carbocycles. The summed E-state index contributed by atoms with van der Waals surface area (Å²) in [7, 11) is 0. The molecule has 0 amide bonds. The predicted octanol–water partition coefficient (Wildman–Crippen LogP) is 8.71. The van der Waals surface area contributed by atoms with Gasteiger partial charge in [-0.15, -0.1) is 0 Å². The molecule has 0 saturated heterocycles. The minimum atomic E-state index is 0. The first-order valence-corrected chi connectivity index (χ1v) is 11.0. The van der Waals surface area contributed by atoms with Gasteiger partial charge in [-0.25, -0.2) is 0 Å². The third-order valence-corrected chi connectivity index (χ3v) is 6.20. The van der Waals surface area contributed by atoms with Gasteiger partial charge in [-0.1, -0.05) is 83.9 Å². The van der Waals surface area contributed by atoms with Gasteiger partial charge in [0.05, 0.1) is 0 Å². The van der Waals surface area contributed by atoms with Gasteiger partial charge >= 0.3 is 0 Å². The van der Waals surface area contributed by atoms with Crippen LogP contribution in [0.1, 0.15) is 109 Å². The first-order chi connectivity index (χ1) is 12.3. The maximum absolute atomic E-state index is 2.55. The summed E-state index contributed by atoms with van der Waals surface area (Å²) in [4.78, 5) is 0. The van der Waals surface area contributed by atoms with Crippen LogP contribution in [-0.4, -0.2) is 0 Å². The highest BCUT2D eigenvalue weighted by Crippen LogP contribution is 2.40. The van der Waals surface area contributed by atoms with E-state index >= 15 is 0 Å². The molecule has 1 fully saturated rings. The largest absolute Gasteiger partial charge is 0.0883 e. The lowest BCUT2D eigenvalue weighted by Gasteiger charge is -2.22. The van der Waals surface area contributed by atoms with Crippen molar-refractivity contribution >= 4 is 0 Å². The summed E-state index contributed by atoms with van der Waals surface area (Å²) in [6.45, 7) is 6.96. The van der Waals surface area contributed by atoms with Crippen LogP contribution in [0.4, 0.5) is 0 Å². The quantitative estimate of drug-likeness (QED) is 0.275. The molecule has 1 aromatic carbocycles. The zero-order valence-corrected chi connectivity index (χ0v) is 17.0. The summed E-state index contributed by atoms with van der Waals surface area (Å²) >= 11 is 0. The summed E-state index contributed by atoms with van der Waals surface area (Å²) in [6.07, 6.45) is 20.0. The summed E-state index contributed by atoms with van der Waals surface area (Å²) in [6, 6.07) is 9.15. The van der Waals surface area contributed by atoms with E-state index in [0.29, 0.717) is 0 Å². The third kappa shape index (κ3) is 7.29. The monoisotopic (exact) mass is 356 g/mol. The molecule has 0 heterocycles. The number of hydrogen-bond acceptors (Lipinski definition) is 0. The van der Waals surface area contributed by atoms with Gasteiger partial charge in [0, 0.05) is 0 Å². The normalized spacial score (nSPS) is 21.0. The van der Waals surface area contributed by atoms with Gasteiger partial charge in [-0.3, -0.25) is 0 Å². The van der Waals surface area contributed by atoms with Gasteiger partial charge in [-0.05, 0) is 80.2 Å². The fraction of sp³-hybridized carbons (Fsp3) is 0.692. The second kappa shape index (κ2) is 13.2. The van der Waals surface area contributed by atoms with Crippen LogP contribution in [-0.2, 0) is 6.42 Å². The Labute approximate surface area is 164 Å². The number of rotatable bonds is 11. The molecule has 2 unspecified atom stereocenters. The Bertz CT molecular complexity index is 499. The number of unbranched alkanes of at least 4 members (excludes halogenated alkanes) is 4. The fourth-order valence-corrected chi connectivity index (χ4v) is 4.65. The number of benzene rings is 1. The maximum atomic E-state index is 2.55.